The molecule has 1 fully saturated rings. The molecule has 102 valence electrons. The average molecular weight is 277 g/mol. The van der Waals surface area contributed by atoms with E-state index >= 15 is 0 Å². The Morgan fingerprint density at radius 1 is 1.22 bits per heavy atom. The molecule has 2 nitrogen and oxygen atoms in total. The number of alkyl halides is 1. The first-order valence-corrected chi connectivity index (χ1v) is 6.64. The predicted octanol–water partition coefficient (Wildman–Crippen LogP) is 2.62. The van der Waals surface area contributed by atoms with Crippen LogP contribution in [0.4, 0.5) is 8.78 Å². The Hall–Kier alpha value is -0.710. The Balaban J connectivity index is 0.000000357. The summed E-state index contributed by atoms with van der Waals surface area (Å²) in [5.74, 6) is -0.203. The van der Waals surface area contributed by atoms with Crippen molar-refractivity contribution in [2.75, 3.05) is 25.5 Å². The van der Waals surface area contributed by atoms with E-state index in [1.54, 1.807) is 0 Å². The van der Waals surface area contributed by atoms with Gasteiger partial charge in [-0.05, 0) is 44.0 Å². The first kappa shape index (κ1) is 15.3. The van der Waals surface area contributed by atoms with Gasteiger partial charge in [0.05, 0.1) is 0 Å². The Bertz CT molecular complexity index is 333. The molecule has 0 atom stereocenters. The SMILES string of the molecule is Fc1cccc(F)c1C1CCNCC1.NCCCl. The van der Waals surface area contributed by atoms with Crippen LogP contribution in [-0.2, 0) is 0 Å². The molecule has 0 amide bonds. The molecule has 1 aromatic rings. The Kier molecular flexibility index (Phi) is 7.16. The number of rotatable bonds is 2. The van der Waals surface area contributed by atoms with E-state index < -0.39 is 11.6 Å². The van der Waals surface area contributed by atoms with E-state index in [0.717, 1.165) is 25.9 Å². The van der Waals surface area contributed by atoms with Gasteiger partial charge < -0.3 is 11.1 Å². The lowest BCUT2D eigenvalue weighted by Gasteiger charge is -2.23. The molecule has 1 heterocycles. The first-order valence-electron chi connectivity index (χ1n) is 6.11. The second-order valence-electron chi connectivity index (χ2n) is 4.14. The highest BCUT2D eigenvalue weighted by molar-refractivity contribution is 6.18. The molecule has 0 unspecified atom stereocenters. The number of hydrogen-bond acceptors (Lipinski definition) is 2. The topological polar surface area (TPSA) is 38.0 Å². The van der Waals surface area contributed by atoms with Gasteiger partial charge in [-0.3, -0.25) is 0 Å². The molecule has 0 bridgehead atoms. The summed E-state index contributed by atoms with van der Waals surface area (Å²) in [6.07, 6.45) is 1.63. The molecule has 5 heteroatoms. The van der Waals surface area contributed by atoms with E-state index in [2.05, 4.69) is 5.32 Å². The number of nitrogens with two attached hydrogens (primary N) is 1. The molecule has 1 aliphatic rings. The molecule has 1 aliphatic heterocycles. The monoisotopic (exact) mass is 276 g/mol. The van der Waals surface area contributed by atoms with Gasteiger partial charge >= 0.3 is 0 Å². The Morgan fingerprint density at radius 3 is 2.17 bits per heavy atom. The number of halogens is 3. The fourth-order valence-electron chi connectivity index (χ4n) is 2.01. The van der Waals surface area contributed by atoms with E-state index in [1.807, 2.05) is 0 Å². The molecular formula is C13H19ClF2N2. The summed E-state index contributed by atoms with van der Waals surface area (Å²) < 4.78 is 26.7. The highest BCUT2D eigenvalue weighted by Crippen LogP contribution is 2.29. The van der Waals surface area contributed by atoms with Gasteiger partial charge in [-0.1, -0.05) is 6.07 Å². The average Bonchev–Trinajstić information content (AvgIpc) is 2.40. The summed E-state index contributed by atoms with van der Waals surface area (Å²) in [5.41, 5.74) is 5.17. The van der Waals surface area contributed by atoms with Gasteiger partial charge in [0.1, 0.15) is 11.6 Å². The lowest BCUT2D eigenvalue weighted by molar-refractivity contribution is 0.426. The van der Waals surface area contributed by atoms with Crippen LogP contribution in [0.2, 0.25) is 0 Å². The largest absolute Gasteiger partial charge is 0.329 e. The van der Waals surface area contributed by atoms with Crippen molar-refractivity contribution in [2.45, 2.75) is 18.8 Å². The van der Waals surface area contributed by atoms with E-state index in [1.165, 1.54) is 18.2 Å². The normalized spacial score (nSPS) is 16.0. The van der Waals surface area contributed by atoms with Crippen molar-refractivity contribution < 1.29 is 8.78 Å². The molecule has 0 aliphatic carbocycles. The van der Waals surface area contributed by atoms with Gasteiger partial charge in [-0.2, -0.15) is 0 Å². The molecule has 1 saturated heterocycles. The maximum absolute atomic E-state index is 13.4. The van der Waals surface area contributed by atoms with Crippen LogP contribution in [0.3, 0.4) is 0 Å². The van der Waals surface area contributed by atoms with Gasteiger partial charge in [-0.15, -0.1) is 11.6 Å². The third-order valence-corrected chi connectivity index (χ3v) is 3.07. The number of hydrogen-bond donors (Lipinski definition) is 2. The van der Waals surface area contributed by atoms with E-state index in [4.69, 9.17) is 17.3 Å². The van der Waals surface area contributed by atoms with Crippen LogP contribution in [0.1, 0.15) is 24.3 Å². The van der Waals surface area contributed by atoms with Crippen LogP contribution < -0.4 is 11.1 Å². The summed E-state index contributed by atoms with van der Waals surface area (Å²) in [4.78, 5) is 0. The summed E-state index contributed by atoms with van der Waals surface area (Å²) in [6, 6.07) is 4.08. The Labute approximate surface area is 112 Å². The zero-order valence-electron chi connectivity index (χ0n) is 10.3. The molecule has 1 aromatic carbocycles. The number of benzene rings is 1. The fourth-order valence-corrected chi connectivity index (χ4v) is 2.01. The molecule has 0 spiro atoms. The highest BCUT2D eigenvalue weighted by Gasteiger charge is 2.21. The van der Waals surface area contributed by atoms with Crippen LogP contribution in [0.15, 0.2) is 18.2 Å². The van der Waals surface area contributed by atoms with Gasteiger partial charge in [-0.25, -0.2) is 8.78 Å². The molecule has 0 saturated carbocycles. The van der Waals surface area contributed by atoms with E-state index in [9.17, 15) is 8.78 Å². The van der Waals surface area contributed by atoms with Crippen LogP contribution >= 0.6 is 11.6 Å². The molecule has 0 aromatic heterocycles. The van der Waals surface area contributed by atoms with Gasteiger partial charge in [0.15, 0.2) is 0 Å². The van der Waals surface area contributed by atoms with Crippen LogP contribution in [0, 0.1) is 11.6 Å². The van der Waals surface area contributed by atoms with Gasteiger partial charge in [0.2, 0.25) is 0 Å². The minimum Gasteiger partial charge on any atom is -0.329 e. The van der Waals surface area contributed by atoms with Crippen molar-refractivity contribution in [2.24, 2.45) is 5.73 Å². The van der Waals surface area contributed by atoms with Gasteiger partial charge in [0, 0.05) is 18.0 Å². The lowest BCUT2D eigenvalue weighted by atomic mass is 9.89. The van der Waals surface area contributed by atoms with Crippen molar-refractivity contribution in [3.8, 4) is 0 Å². The minimum atomic E-state index is -0.406. The molecule has 18 heavy (non-hydrogen) atoms. The number of nitrogens with one attached hydrogen (secondary N) is 1. The van der Waals surface area contributed by atoms with Crippen LogP contribution in [0.25, 0.3) is 0 Å². The fraction of sp³-hybridized carbons (Fsp3) is 0.538. The highest BCUT2D eigenvalue weighted by atomic mass is 35.5. The standard InChI is InChI=1S/C11H13F2N.C2H6ClN/c12-9-2-1-3-10(13)11(9)8-4-6-14-7-5-8;3-1-2-4/h1-3,8,14H,4-7H2;1-2,4H2. The predicted molar refractivity (Wildman–Crippen MR) is 71.0 cm³/mol. The second-order valence-corrected chi connectivity index (χ2v) is 4.52. The third kappa shape index (κ3) is 4.52. The lowest BCUT2D eigenvalue weighted by Crippen LogP contribution is -2.27. The quantitative estimate of drug-likeness (QED) is 0.815. The smallest absolute Gasteiger partial charge is 0.129 e. The Morgan fingerprint density at radius 2 is 1.72 bits per heavy atom. The third-order valence-electron chi connectivity index (χ3n) is 2.86. The van der Waals surface area contributed by atoms with Crippen molar-refractivity contribution >= 4 is 11.6 Å². The first-order chi connectivity index (χ1) is 8.70. The number of piperidine rings is 1. The van der Waals surface area contributed by atoms with Crippen LogP contribution in [-0.4, -0.2) is 25.5 Å². The van der Waals surface area contributed by atoms with Crippen molar-refractivity contribution in [3.63, 3.8) is 0 Å². The van der Waals surface area contributed by atoms with E-state index in [-0.39, 0.29) is 11.5 Å². The summed E-state index contributed by atoms with van der Waals surface area (Å²) in [7, 11) is 0. The maximum atomic E-state index is 13.4. The molecule has 3 N–H and O–H groups in total. The van der Waals surface area contributed by atoms with Crippen molar-refractivity contribution in [3.05, 3.63) is 35.4 Å². The summed E-state index contributed by atoms with van der Waals surface area (Å²) >= 11 is 5.06. The molecule has 0 radical (unpaired) electrons. The summed E-state index contributed by atoms with van der Waals surface area (Å²) in [6.45, 7) is 2.28. The van der Waals surface area contributed by atoms with Crippen molar-refractivity contribution in [1.29, 1.82) is 0 Å². The minimum absolute atomic E-state index is 0.0393. The van der Waals surface area contributed by atoms with Gasteiger partial charge in [0.25, 0.3) is 0 Å². The second kappa shape index (κ2) is 8.40. The zero-order chi connectivity index (χ0) is 13.4. The maximum Gasteiger partial charge on any atom is 0.129 e. The molecule has 2 rings (SSSR count). The van der Waals surface area contributed by atoms with Crippen LogP contribution in [0.5, 0.6) is 0 Å². The van der Waals surface area contributed by atoms with E-state index in [0.29, 0.717) is 12.4 Å². The van der Waals surface area contributed by atoms with Crippen molar-refractivity contribution in [1.82, 2.24) is 5.32 Å². The summed E-state index contributed by atoms with van der Waals surface area (Å²) in [5, 5.41) is 3.18. The molecular weight excluding hydrogens is 258 g/mol. The zero-order valence-corrected chi connectivity index (χ0v) is 11.0.